The van der Waals surface area contributed by atoms with E-state index in [-0.39, 0.29) is 11.9 Å². The lowest BCUT2D eigenvalue weighted by atomic mass is 10.1. The number of hydrogen-bond donors (Lipinski definition) is 0. The maximum atomic E-state index is 13.0. The zero-order chi connectivity index (χ0) is 16.9. The van der Waals surface area contributed by atoms with Gasteiger partial charge in [-0.25, -0.2) is 4.39 Å². The van der Waals surface area contributed by atoms with E-state index in [1.54, 1.807) is 35.4 Å². The summed E-state index contributed by atoms with van der Waals surface area (Å²) in [5.74, 6) is -0.264. The molecule has 1 aromatic carbocycles. The van der Waals surface area contributed by atoms with E-state index in [1.165, 1.54) is 12.1 Å². The molecule has 0 N–H and O–H groups in total. The summed E-state index contributed by atoms with van der Waals surface area (Å²) in [5, 5.41) is 4.75. The van der Waals surface area contributed by atoms with E-state index in [2.05, 4.69) is 10.1 Å². The van der Waals surface area contributed by atoms with Crippen LogP contribution in [0.25, 0.3) is 0 Å². The highest BCUT2D eigenvalue weighted by atomic mass is 35.5. The van der Waals surface area contributed by atoms with Crippen LogP contribution in [0.1, 0.15) is 22.9 Å². The van der Waals surface area contributed by atoms with Crippen LogP contribution in [0.5, 0.6) is 0 Å². The minimum Gasteiger partial charge on any atom is -0.367 e. The van der Waals surface area contributed by atoms with Crippen molar-refractivity contribution in [3.05, 3.63) is 82.6 Å². The van der Waals surface area contributed by atoms with Crippen LogP contribution in [0.2, 0.25) is 5.02 Å². The molecule has 0 amide bonds. The summed E-state index contributed by atoms with van der Waals surface area (Å²) in [6.07, 6.45) is 5.48. The molecule has 0 spiro atoms. The molecule has 0 saturated carbocycles. The van der Waals surface area contributed by atoms with Gasteiger partial charge in [0, 0.05) is 25.9 Å². The third-order valence-electron chi connectivity index (χ3n) is 3.75. The average molecular weight is 346 g/mol. The lowest BCUT2D eigenvalue weighted by molar-refractivity contribution is 0.0346. The van der Waals surface area contributed by atoms with Gasteiger partial charge in [0.15, 0.2) is 0 Å². The molecule has 3 aromatic rings. The van der Waals surface area contributed by atoms with Gasteiger partial charge in [-0.2, -0.15) is 5.10 Å². The van der Waals surface area contributed by atoms with Gasteiger partial charge in [0.25, 0.3) is 0 Å². The van der Waals surface area contributed by atoms with Crippen molar-refractivity contribution >= 4 is 11.6 Å². The first-order valence-corrected chi connectivity index (χ1v) is 7.93. The van der Waals surface area contributed by atoms with Crippen molar-refractivity contribution in [3.8, 4) is 0 Å². The number of pyridine rings is 1. The zero-order valence-corrected chi connectivity index (χ0v) is 13.9. The molecule has 24 heavy (non-hydrogen) atoms. The van der Waals surface area contributed by atoms with Crippen molar-refractivity contribution in [2.24, 2.45) is 7.05 Å². The first-order valence-electron chi connectivity index (χ1n) is 7.56. The minimum absolute atomic E-state index is 0.264. The number of benzene rings is 1. The first kappa shape index (κ1) is 16.6. The molecule has 0 aliphatic carbocycles. The van der Waals surface area contributed by atoms with Crippen LogP contribution in [0.15, 0.2) is 55.0 Å². The molecular formula is C18H17ClFN3O. The second kappa shape index (κ2) is 7.55. The first-order chi connectivity index (χ1) is 11.6. The molecule has 0 aliphatic heterocycles. The monoisotopic (exact) mass is 345 g/mol. The van der Waals surface area contributed by atoms with Crippen molar-refractivity contribution in [2.45, 2.75) is 19.1 Å². The molecule has 1 atom stereocenters. The molecule has 2 heterocycles. The molecule has 6 heteroatoms. The SMILES string of the molecule is Cn1ncc(Cl)c1[C@@H](Cc1cccnc1)OCc1ccc(F)cc1. The van der Waals surface area contributed by atoms with E-state index < -0.39 is 0 Å². The van der Waals surface area contributed by atoms with Crippen molar-refractivity contribution in [3.63, 3.8) is 0 Å². The molecule has 2 aromatic heterocycles. The maximum Gasteiger partial charge on any atom is 0.123 e. The lowest BCUT2D eigenvalue weighted by Gasteiger charge is -2.19. The third kappa shape index (κ3) is 3.99. The van der Waals surface area contributed by atoms with Crippen molar-refractivity contribution in [1.82, 2.24) is 14.8 Å². The topological polar surface area (TPSA) is 39.9 Å². The van der Waals surface area contributed by atoms with E-state index in [0.29, 0.717) is 18.1 Å². The lowest BCUT2D eigenvalue weighted by Crippen LogP contribution is -2.13. The summed E-state index contributed by atoms with van der Waals surface area (Å²) in [6, 6.07) is 10.1. The number of ether oxygens (including phenoxy) is 1. The number of nitrogens with zero attached hydrogens (tertiary/aromatic N) is 3. The fourth-order valence-corrected chi connectivity index (χ4v) is 2.81. The van der Waals surface area contributed by atoms with E-state index in [1.807, 2.05) is 19.2 Å². The summed E-state index contributed by atoms with van der Waals surface area (Å²) in [5.41, 5.74) is 2.74. The fourth-order valence-electron chi connectivity index (χ4n) is 2.53. The molecule has 3 rings (SSSR count). The largest absolute Gasteiger partial charge is 0.367 e. The van der Waals surface area contributed by atoms with Crippen LogP contribution in [-0.4, -0.2) is 14.8 Å². The number of halogens is 2. The smallest absolute Gasteiger partial charge is 0.123 e. The number of aryl methyl sites for hydroxylation is 1. The Morgan fingerprint density at radius 2 is 1.96 bits per heavy atom. The predicted molar refractivity (Wildman–Crippen MR) is 90.1 cm³/mol. The highest BCUT2D eigenvalue weighted by Crippen LogP contribution is 2.29. The predicted octanol–water partition coefficient (Wildman–Crippen LogP) is 4.11. The fraction of sp³-hybridized carbons (Fsp3) is 0.222. The van der Waals surface area contributed by atoms with Gasteiger partial charge < -0.3 is 4.74 Å². The molecule has 0 fully saturated rings. The molecular weight excluding hydrogens is 329 g/mol. The van der Waals surface area contributed by atoms with Gasteiger partial charge in [-0.1, -0.05) is 29.8 Å². The Labute approximate surface area is 144 Å². The highest BCUT2D eigenvalue weighted by molar-refractivity contribution is 6.31. The molecule has 124 valence electrons. The quantitative estimate of drug-likeness (QED) is 0.675. The second-order valence-corrected chi connectivity index (χ2v) is 5.90. The Kier molecular flexibility index (Phi) is 5.23. The van der Waals surface area contributed by atoms with Gasteiger partial charge in [0.05, 0.1) is 23.5 Å². The van der Waals surface area contributed by atoms with Gasteiger partial charge in [0.2, 0.25) is 0 Å². The van der Waals surface area contributed by atoms with E-state index >= 15 is 0 Å². The Morgan fingerprint density at radius 1 is 1.17 bits per heavy atom. The van der Waals surface area contributed by atoms with Crippen molar-refractivity contribution in [2.75, 3.05) is 0 Å². The molecule has 0 bridgehead atoms. The second-order valence-electron chi connectivity index (χ2n) is 5.49. The Hall–Kier alpha value is -2.24. The molecule has 0 radical (unpaired) electrons. The maximum absolute atomic E-state index is 13.0. The van der Waals surface area contributed by atoms with Gasteiger partial charge in [-0.15, -0.1) is 0 Å². The van der Waals surface area contributed by atoms with Gasteiger partial charge in [-0.05, 0) is 29.3 Å². The Morgan fingerprint density at radius 3 is 2.58 bits per heavy atom. The van der Waals surface area contributed by atoms with Gasteiger partial charge >= 0.3 is 0 Å². The van der Waals surface area contributed by atoms with Crippen LogP contribution in [0.3, 0.4) is 0 Å². The standard InChI is InChI=1S/C18H17ClFN3O/c1-23-18(16(19)11-22-23)17(9-14-3-2-8-21-10-14)24-12-13-4-6-15(20)7-5-13/h2-8,10-11,17H,9,12H2,1H3/t17-/m1/s1. The van der Waals surface area contributed by atoms with Gasteiger partial charge in [-0.3, -0.25) is 9.67 Å². The van der Waals surface area contributed by atoms with Crippen LogP contribution in [0.4, 0.5) is 4.39 Å². The summed E-state index contributed by atoms with van der Waals surface area (Å²) < 4.78 is 20.8. The Balaban J connectivity index is 1.80. The van der Waals surface area contributed by atoms with Crippen LogP contribution in [0, 0.1) is 5.82 Å². The highest BCUT2D eigenvalue weighted by Gasteiger charge is 2.21. The van der Waals surface area contributed by atoms with Crippen molar-refractivity contribution in [1.29, 1.82) is 0 Å². The number of aromatic nitrogens is 3. The third-order valence-corrected chi connectivity index (χ3v) is 4.04. The van der Waals surface area contributed by atoms with Crippen LogP contribution >= 0.6 is 11.6 Å². The average Bonchev–Trinajstić information content (AvgIpc) is 2.93. The zero-order valence-electron chi connectivity index (χ0n) is 13.2. The normalized spacial score (nSPS) is 12.3. The molecule has 0 unspecified atom stereocenters. The number of rotatable bonds is 6. The summed E-state index contributed by atoms with van der Waals surface area (Å²) in [7, 11) is 1.83. The van der Waals surface area contributed by atoms with Crippen LogP contribution < -0.4 is 0 Å². The molecule has 0 aliphatic rings. The molecule has 4 nitrogen and oxygen atoms in total. The number of hydrogen-bond acceptors (Lipinski definition) is 3. The molecule has 0 saturated heterocycles. The van der Waals surface area contributed by atoms with E-state index in [0.717, 1.165) is 16.8 Å². The van der Waals surface area contributed by atoms with Crippen molar-refractivity contribution < 1.29 is 9.13 Å². The van der Waals surface area contributed by atoms with Crippen LogP contribution in [-0.2, 0) is 24.8 Å². The Bertz CT molecular complexity index is 770. The minimum atomic E-state index is -0.278. The summed E-state index contributed by atoms with van der Waals surface area (Å²) in [4.78, 5) is 4.14. The van der Waals surface area contributed by atoms with Gasteiger partial charge in [0.1, 0.15) is 11.9 Å². The summed E-state index contributed by atoms with van der Waals surface area (Å²) in [6.45, 7) is 0.354. The van der Waals surface area contributed by atoms with E-state index in [9.17, 15) is 4.39 Å². The van der Waals surface area contributed by atoms with E-state index in [4.69, 9.17) is 16.3 Å². The summed E-state index contributed by atoms with van der Waals surface area (Å²) >= 11 is 6.28.